The standard InChI is InChI=1S/C27H29BrN2O2S2/c28-26-11-10-23(34-26)18-21-6-4-5-9-24(21)29-27(31)32-25-19-30(14-12-20(25)13-15-30)16-17-33-22-7-2-1-3-8-22/h1-11,20,25H,12-19H2/p+1. The first-order chi connectivity index (χ1) is 16.6. The van der Waals surface area contributed by atoms with Gasteiger partial charge in [-0.2, -0.15) is 0 Å². The molecule has 4 nitrogen and oxygen atoms in total. The lowest BCUT2D eigenvalue weighted by atomic mass is 9.83. The summed E-state index contributed by atoms with van der Waals surface area (Å²) in [5, 5.41) is 3.04. The van der Waals surface area contributed by atoms with Crippen LogP contribution in [0.4, 0.5) is 10.5 Å². The van der Waals surface area contributed by atoms with E-state index in [4.69, 9.17) is 4.74 Å². The van der Waals surface area contributed by atoms with Crippen molar-refractivity contribution in [3.63, 3.8) is 0 Å². The minimum absolute atomic E-state index is 0.00430. The molecular weight excluding hydrogens is 528 g/mol. The molecule has 3 fully saturated rings. The Labute approximate surface area is 218 Å². The third kappa shape index (κ3) is 5.88. The number of thioether (sulfide) groups is 1. The Morgan fingerprint density at radius 1 is 1.06 bits per heavy atom. The zero-order valence-electron chi connectivity index (χ0n) is 19.1. The molecule has 0 aliphatic carbocycles. The SMILES string of the molecule is O=C(Nc1ccccc1Cc1ccc(Br)s1)OC1C[N+]2(CCSc3ccccc3)CCC1CC2. The van der Waals surface area contributed by atoms with E-state index in [2.05, 4.69) is 69.8 Å². The van der Waals surface area contributed by atoms with Crippen molar-refractivity contribution in [2.45, 2.75) is 30.3 Å². The number of piperidine rings is 3. The number of carbonyl (C=O) groups is 1. The molecule has 1 atom stereocenters. The van der Waals surface area contributed by atoms with Crippen LogP contribution in [0.2, 0.25) is 0 Å². The second-order valence-corrected chi connectivity index (χ2v) is 13.0. The molecule has 2 bridgehead atoms. The molecule has 3 saturated heterocycles. The predicted octanol–water partition coefficient (Wildman–Crippen LogP) is 7.05. The van der Waals surface area contributed by atoms with Crippen LogP contribution in [0.3, 0.4) is 0 Å². The van der Waals surface area contributed by atoms with Crippen molar-refractivity contribution < 1.29 is 14.0 Å². The molecule has 0 saturated carbocycles. The van der Waals surface area contributed by atoms with Crippen LogP contribution < -0.4 is 5.32 Å². The summed E-state index contributed by atoms with van der Waals surface area (Å²) >= 11 is 7.18. The Kier molecular flexibility index (Phi) is 7.64. The molecule has 1 aromatic heterocycles. The lowest BCUT2D eigenvalue weighted by molar-refractivity contribution is -0.943. The fourth-order valence-corrected chi connectivity index (χ4v) is 7.82. The van der Waals surface area contributed by atoms with Crippen molar-refractivity contribution in [3.8, 4) is 0 Å². The highest BCUT2D eigenvalue weighted by molar-refractivity contribution is 9.11. The Hall–Kier alpha value is -1.80. The monoisotopic (exact) mass is 557 g/mol. The minimum Gasteiger partial charge on any atom is -0.440 e. The van der Waals surface area contributed by atoms with Gasteiger partial charge in [-0.1, -0.05) is 36.4 Å². The van der Waals surface area contributed by atoms with Gasteiger partial charge in [-0.3, -0.25) is 5.32 Å². The number of quaternary nitrogens is 1. The van der Waals surface area contributed by atoms with Gasteiger partial charge in [0, 0.05) is 46.4 Å². The number of nitrogens with zero attached hydrogens (tertiary/aromatic N) is 1. The summed E-state index contributed by atoms with van der Waals surface area (Å²) in [6.07, 6.45) is 2.77. The highest BCUT2D eigenvalue weighted by Gasteiger charge is 2.47. The number of benzene rings is 2. The number of rotatable bonds is 8. The van der Waals surface area contributed by atoms with Crippen molar-refractivity contribution in [1.29, 1.82) is 0 Å². The molecule has 3 aliphatic rings. The molecule has 178 valence electrons. The first-order valence-electron chi connectivity index (χ1n) is 11.9. The maximum Gasteiger partial charge on any atom is 0.412 e. The van der Waals surface area contributed by atoms with Gasteiger partial charge < -0.3 is 9.22 Å². The molecule has 0 spiro atoms. The Bertz CT molecular complexity index is 1110. The van der Waals surface area contributed by atoms with E-state index in [1.54, 1.807) is 11.3 Å². The zero-order chi connectivity index (χ0) is 23.4. The number of para-hydroxylation sites is 1. The zero-order valence-corrected chi connectivity index (χ0v) is 22.3. The lowest BCUT2D eigenvalue weighted by Gasteiger charge is -2.52. The molecule has 6 rings (SSSR count). The van der Waals surface area contributed by atoms with Crippen LogP contribution >= 0.6 is 39.0 Å². The molecule has 1 N–H and O–H groups in total. The van der Waals surface area contributed by atoms with Crippen LogP contribution in [0.25, 0.3) is 0 Å². The average molecular weight is 559 g/mol. The first-order valence-corrected chi connectivity index (χ1v) is 14.5. The first kappa shape index (κ1) is 23.9. The Morgan fingerprint density at radius 2 is 1.82 bits per heavy atom. The van der Waals surface area contributed by atoms with Gasteiger partial charge >= 0.3 is 6.09 Å². The van der Waals surface area contributed by atoms with Crippen molar-refractivity contribution in [2.24, 2.45) is 5.92 Å². The second kappa shape index (κ2) is 10.9. The number of ether oxygens (including phenoxy) is 1. The van der Waals surface area contributed by atoms with Gasteiger partial charge in [0.15, 0.2) is 6.10 Å². The van der Waals surface area contributed by atoms with Gasteiger partial charge in [0.1, 0.15) is 6.54 Å². The summed E-state index contributed by atoms with van der Waals surface area (Å²) in [6, 6.07) is 22.8. The number of nitrogens with one attached hydrogen (secondary N) is 1. The van der Waals surface area contributed by atoms with E-state index in [-0.39, 0.29) is 12.2 Å². The quantitative estimate of drug-likeness (QED) is 0.238. The van der Waals surface area contributed by atoms with Gasteiger partial charge in [-0.25, -0.2) is 4.79 Å². The number of carbonyl (C=O) groups excluding carboxylic acids is 1. The van der Waals surface area contributed by atoms with E-state index in [1.165, 1.54) is 22.9 Å². The summed E-state index contributed by atoms with van der Waals surface area (Å²) in [4.78, 5) is 15.5. The maximum atomic E-state index is 12.9. The van der Waals surface area contributed by atoms with Crippen molar-refractivity contribution in [1.82, 2.24) is 0 Å². The lowest BCUT2D eigenvalue weighted by Crippen LogP contribution is -2.65. The highest BCUT2D eigenvalue weighted by atomic mass is 79.9. The van der Waals surface area contributed by atoms with E-state index >= 15 is 0 Å². The van der Waals surface area contributed by atoms with Gasteiger partial charge in [-0.05, 0) is 51.8 Å². The molecule has 1 unspecified atom stereocenters. The van der Waals surface area contributed by atoms with Crippen LogP contribution in [-0.4, -0.2) is 48.6 Å². The molecule has 3 aliphatic heterocycles. The fourth-order valence-electron chi connectivity index (χ4n) is 5.25. The largest absolute Gasteiger partial charge is 0.440 e. The van der Waals surface area contributed by atoms with Crippen LogP contribution in [0, 0.1) is 5.92 Å². The Balaban J connectivity index is 1.17. The minimum atomic E-state index is -0.324. The molecule has 4 heterocycles. The second-order valence-electron chi connectivity index (χ2n) is 9.30. The smallest absolute Gasteiger partial charge is 0.412 e. The number of halogens is 1. The molecule has 34 heavy (non-hydrogen) atoms. The summed E-state index contributed by atoms with van der Waals surface area (Å²) < 4.78 is 8.25. The third-order valence-electron chi connectivity index (χ3n) is 7.13. The number of anilines is 1. The average Bonchev–Trinajstić information content (AvgIpc) is 3.26. The van der Waals surface area contributed by atoms with Gasteiger partial charge in [0.05, 0.1) is 23.4 Å². The molecule has 1 amide bonds. The number of hydrogen-bond acceptors (Lipinski definition) is 4. The van der Waals surface area contributed by atoms with E-state index < -0.39 is 0 Å². The molecule has 2 aromatic carbocycles. The molecule has 0 radical (unpaired) electrons. The summed E-state index contributed by atoms with van der Waals surface area (Å²) in [5.41, 5.74) is 1.94. The van der Waals surface area contributed by atoms with Crippen LogP contribution in [0.15, 0.2) is 75.4 Å². The molecule has 3 aromatic rings. The predicted molar refractivity (Wildman–Crippen MR) is 145 cm³/mol. The summed E-state index contributed by atoms with van der Waals surface area (Å²) in [5.74, 6) is 1.59. The molecular formula is C27H30BrN2O2S2+. The third-order valence-corrected chi connectivity index (χ3v) is 9.74. The summed E-state index contributed by atoms with van der Waals surface area (Å²) in [6.45, 7) is 4.49. The van der Waals surface area contributed by atoms with E-state index in [1.807, 2.05) is 30.0 Å². The van der Waals surface area contributed by atoms with E-state index in [0.717, 1.165) is 57.6 Å². The van der Waals surface area contributed by atoms with Crippen LogP contribution in [0.5, 0.6) is 0 Å². The van der Waals surface area contributed by atoms with E-state index in [0.29, 0.717) is 5.92 Å². The topological polar surface area (TPSA) is 38.3 Å². The van der Waals surface area contributed by atoms with Gasteiger partial charge in [0.25, 0.3) is 0 Å². The van der Waals surface area contributed by atoms with Crippen LogP contribution in [-0.2, 0) is 11.2 Å². The highest BCUT2D eigenvalue weighted by Crippen LogP contribution is 2.36. The molecule has 7 heteroatoms. The van der Waals surface area contributed by atoms with Gasteiger partial charge in [-0.15, -0.1) is 23.1 Å². The van der Waals surface area contributed by atoms with Crippen molar-refractivity contribution in [3.05, 3.63) is 81.0 Å². The normalized spacial score (nSPS) is 23.6. The van der Waals surface area contributed by atoms with E-state index in [9.17, 15) is 4.79 Å². The number of thiophene rings is 1. The Morgan fingerprint density at radius 3 is 2.59 bits per heavy atom. The number of fused-ring (bicyclic) bond motifs is 3. The van der Waals surface area contributed by atoms with Crippen molar-refractivity contribution in [2.75, 3.05) is 37.2 Å². The number of amides is 1. The van der Waals surface area contributed by atoms with Crippen LogP contribution in [0.1, 0.15) is 23.3 Å². The number of hydrogen-bond donors (Lipinski definition) is 1. The fraction of sp³-hybridized carbons (Fsp3) is 0.370. The van der Waals surface area contributed by atoms with Gasteiger partial charge in [0.2, 0.25) is 0 Å². The maximum absolute atomic E-state index is 12.9. The van der Waals surface area contributed by atoms with Crippen molar-refractivity contribution >= 4 is 50.8 Å². The summed E-state index contributed by atoms with van der Waals surface area (Å²) in [7, 11) is 0.